The minimum absolute atomic E-state index is 0.0295. The molecule has 0 saturated heterocycles. The van der Waals surface area contributed by atoms with Gasteiger partial charge < -0.3 is 31.9 Å². The molecule has 0 amide bonds. The van der Waals surface area contributed by atoms with Gasteiger partial charge in [-0.25, -0.2) is 19.2 Å². The van der Waals surface area contributed by atoms with Crippen LogP contribution in [-0.2, 0) is 0 Å². The fraction of sp³-hybridized carbons (Fsp3) is 0. The van der Waals surface area contributed by atoms with Crippen LogP contribution in [0.25, 0.3) is 11.1 Å². The van der Waals surface area contributed by atoms with E-state index in [0.717, 1.165) is 6.07 Å². The van der Waals surface area contributed by atoms with Crippen molar-refractivity contribution in [3.63, 3.8) is 0 Å². The molecule has 0 aromatic heterocycles. The van der Waals surface area contributed by atoms with Crippen LogP contribution in [0, 0.1) is 0 Å². The molecule has 8 N–H and O–H groups in total. The van der Waals surface area contributed by atoms with E-state index in [9.17, 15) is 39.6 Å². The summed E-state index contributed by atoms with van der Waals surface area (Å²) in [6.45, 7) is 0. The number of benzene rings is 2. The van der Waals surface area contributed by atoms with Crippen LogP contribution in [0.5, 0.6) is 0 Å². The van der Waals surface area contributed by atoms with Crippen molar-refractivity contribution >= 4 is 35.3 Å². The van der Waals surface area contributed by atoms with Gasteiger partial charge in [0.25, 0.3) is 0 Å². The van der Waals surface area contributed by atoms with E-state index in [1.807, 2.05) is 0 Å². The second-order valence-electron chi connectivity index (χ2n) is 5.21. The van der Waals surface area contributed by atoms with Gasteiger partial charge in [0.1, 0.15) is 0 Å². The van der Waals surface area contributed by atoms with E-state index in [0.29, 0.717) is 0 Å². The quantitative estimate of drug-likeness (QED) is 0.422. The molecule has 0 fully saturated rings. The normalized spacial score (nSPS) is 10.3. The molecule has 0 aliphatic heterocycles. The highest BCUT2D eigenvalue weighted by molar-refractivity contribution is 6.16. The first-order valence-electron chi connectivity index (χ1n) is 6.85. The molecule has 0 bridgehead atoms. The van der Waals surface area contributed by atoms with Gasteiger partial charge in [0.05, 0.1) is 22.3 Å². The third kappa shape index (κ3) is 3.11. The first-order valence-corrected chi connectivity index (χ1v) is 6.85. The maximum absolute atomic E-state index is 11.7. The predicted octanol–water partition coefficient (Wildman–Crippen LogP) is 1.31. The van der Waals surface area contributed by atoms with Gasteiger partial charge >= 0.3 is 23.9 Å². The van der Waals surface area contributed by atoms with Crippen LogP contribution in [-0.4, -0.2) is 44.3 Å². The maximum atomic E-state index is 11.7. The Morgan fingerprint density at radius 3 is 1.46 bits per heavy atom. The number of nitrogen functional groups attached to an aromatic ring is 2. The average molecular weight is 360 g/mol. The van der Waals surface area contributed by atoms with Gasteiger partial charge in [-0.15, -0.1) is 0 Å². The molecule has 0 spiro atoms. The summed E-state index contributed by atoms with van der Waals surface area (Å²) >= 11 is 0. The van der Waals surface area contributed by atoms with Crippen molar-refractivity contribution in [2.24, 2.45) is 0 Å². The Balaban J connectivity index is 3.10. The second-order valence-corrected chi connectivity index (χ2v) is 5.21. The zero-order valence-corrected chi connectivity index (χ0v) is 12.9. The van der Waals surface area contributed by atoms with Gasteiger partial charge in [-0.2, -0.15) is 0 Å². The molecule has 0 saturated carbocycles. The van der Waals surface area contributed by atoms with E-state index in [1.54, 1.807) is 0 Å². The summed E-state index contributed by atoms with van der Waals surface area (Å²) in [5.74, 6) is -7.28. The number of nitrogens with two attached hydrogens (primary N) is 2. The van der Waals surface area contributed by atoms with Crippen LogP contribution >= 0.6 is 0 Å². The molecule has 0 unspecified atom stereocenters. The van der Waals surface area contributed by atoms with Crippen LogP contribution in [0.15, 0.2) is 24.3 Å². The molecule has 2 rings (SSSR count). The maximum Gasteiger partial charge on any atom is 0.337 e. The van der Waals surface area contributed by atoms with E-state index >= 15 is 0 Å². The smallest absolute Gasteiger partial charge is 0.337 e. The highest BCUT2D eigenvalue weighted by Crippen LogP contribution is 2.34. The van der Waals surface area contributed by atoms with Crippen LogP contribution < -0.4 is 11.5 Å². The Labute approximate surface area is 144 Å². The van der Waals surface area contributed by atoms with Gasteiger partial charge in [-0.3, -0.25) is 0 Å². The van der Waals surface area contributed by atoms with E-state index in [1.165, 1.54) is 18.2 Å². The fourth-order valence-corrected chi connectivity index (χ4v) is 2.57. The summed E-state index contributed by atoms with van der Waals surface area (Å²) in [7, 11) is 0. The first-order chi connectivity index (χ1) is 12.0. The number of carboxylic acid groups (broad SMARTS) is 4. The Morgan fingerprint density at radius 1 is 0.615 bits per heavy atom. The van der Waals surface area contributed by atoms with Gasteiger partial charge in [-0.1, -0.05) is 0 Å². The molecule has 26 heavy (non-hydrogen) atoms. The minimum Gasteiger partial charge on any atom is -0.478 e. The molecule has 134 valence electrons. The second kappa shape index (κ2) is 6.43. The summed E-state index contributed by atoms with van der Waals surface area (Å²) < 4.78 is 0. The molecule has 0 atom stereocenters. The third-order valence-electron chi connectivity index (χ3n) is 3.49. The molecule has 0 aliphatic rings. The van der Waals surface area contributed by atoms with Crippen molar-refractivity contribution in [1.82, 2.24) is 0 Å². The van der Waals surface area contributed by atoms with Crippen molar-refractivity contribution < 1.29 is 39.6 Å². The number of hydrogen-bond acceptors (Lipinski definition) is 6. The Morgan fingerprint density at radius 2 is 1.08 bits per heavy atom. The molecular weight excluding hydrogens is 348 g/mol. The Kier molecular flexibility index (Phi) is 4.52. The topological polar surface area (TPSA) is 201 Å². The van der Waals surface area contributed by atoms with E-state index in [-0.39, 0.29) is 22.5 Å². The number of aromatic carboxylic acids is 4. The molecule has 2 aromatic rings. The monoisotopic (exact) mass is 360 g/mol. The molecule has 0 heterocycles. The summed E-state index contributed by atoms with van der Waals surface area (Å²) in [6.07, 6.45) is 0. The Bertz CT molecular complexity index is 960. The van der Waals surface area contributed by atoms with E-state index in [2.05, 4.69) is 0 Å². The predicted molar refractivity (Wildman–Crippen MR) is 88.5 cm³/mol. The standard InChI is InChI=1S/C16H12N2O8/c17-6-1-5(2-7(18)3-6)8-4-9(13(19)20)11(15(23)24)12(16(25)26)10(8)14(21)22/h1-4H,17-18H2,(H,19,20)(H,21,22)(H,23,24)(H,25,26). The van der Waals surface area contributed by atoms with Gasteiger partial charge in [0, 0.05) is 11.4 Å². The molecular formula is C16H12N2O8. The highest BCUT2D eigenvalue weighted by atomic mass is 16.4. The number of carbonyl (C=O) groups is 4. The van der Waals surface area contributed by atoms with Crippen LogP contribution in [0.4, 0.5) is 11.4 Å². The lowest BCUT2D eigenvalue weighted by molar-refractivity contribution is 0.0620. The number of rotatable bonds is 5. The molecule has 10 nitrogen and oxygen atoms in total. The summed E-state index contributed by atoms with van der Waals surface area (Å²) in [4.78, 5) is 46.1. The zero-order chi connectivity index (χ0) is 19.8. The summed E-state index contributed by atoms with van der Waals surface area (Å²) in [5, 5.41) is 37.3. The lowest BCUT2D eigenvalue weighted by Crippen LogP contribution is -2.20. The van der Waals surface area contributed by atoms with E-state index in [4.69, 9.17) is 11.5 Å². The van der Waals surface area contributed by atoms with E-state index < -0.39 is 46.1 Å². The largest absolute Gasteiger partial charge is 0.478 e. The molecule has 10 heteroatoms. The lowest BCUT2D eigenvalue weighted by Gasteiger charge is -2.15. The number of hydrogen-bond donors (Lipinski definition) is 6. The van der Waals surface area contributed by atoms with Crippen molar-refractivity contribution in [2.45, 2.75) is 0 Å². The summed E-state index contributed by atoms with van der Waals surface area (Å²) in [6, 6.07) is 4.65. The summed E-state index contributed by atoms with van der Waals surface area (Å²) in [5.41, 5.74) is 7.16. The van der Waals surface area contributed by atoms with Crippen LogP contribution in [0.3, 0.4) is 0 Å². The van der Waals surface area contributed by atoms with Gasteiger partial charge in [0.15, 0.2) is 0 Å². The minimum atomic E-state index is -1.90. The van der Waals surface area contributed by atoms with Crippen LogP contribution in [0.2, 0.25) is 0 Å². The zero-order valence-electron chi connectivity index (χ0n) is 12.9. The molecule has 2 aromatic carbocycles. The highest BCUT2D eigenvalue weighted by Gasteiger charge is 2.32. The SMILES string of the molecule is Nc1cc(N)cc(-c2cc(C(=O)O)c(C(=O)O)c(C(=O)O)c2C(=O)O)c1. The molecule has 0 radical (unpaired) electrons. The third-order valence-corrected chi connectivity index (χ3v) is 3.49. The molecule has 0 aliphatic carbocycles. The fourth-order valence-electron chi connectivity index (χ4n) is 2.57. The van der Waals surface area contributed by atoms with Crippen molar-refractivity contribution in [3.8, 4) is 11.1 Å². The van der Waals surface area contributed by atoms with Crippen molar-refractivity contribution in [1.29, 1.82) is 0 Å². The number of anilines is 2. The van der Waals surface area contributed by atoms with Crippen molar-refractivity contribution in [3.05, 3.63) is 46.5 Å². The Hall–Kier alpha value is -4.08. The lowest BCUT2D eigenvalue weighted by atomic mass is 9.88. The van der Waals surface area contributed by atoms with Gasteiger partial charge in [-0.05, 0) is 35.4 Å². The van der Waals surface area contributed by atoms with Crippen LogP contribution in [0.1, 0.15) is 41.4 Å². The van der Waals surface area contributed by atoms with Crippen molar-refractivity contribution in [2.75, 3.05) is 11.5 Å². The van der Waals surface area contributed by atoms with Gasteiger partial charge in [0.2, 0.25) is 0 Å². The average Bonchev–Trinajstić information content (AvgIpc) is 2.51. The first kappa shape index (κ1) is 18.3. The number of carboxylic acids is 4.